The lowest BCUT2D eigenvalue weighted by molar-refractivity contribution is -0.124. The number of hydrogen-bond acceptors (Lipinski definition) is 3. The molecular formula is C10H17N5O2. The third-order valence-corrected chi connectivity index (χ3v) is 2.20. The Bertz CT molecular complexity index is 324. The Labute approximate surface area is 100.0 Å². The van der Waals surface area contributed by atoms with Crippen LogP contribution in [0.2, 0.25) is 0 Å². The Morgan fingerprint density at radius 3 is 2.88 bits per heavy atom. The lowest BCUT2D eigenvalue weighted by atomic mass is 10.5. The van der Waals surface area contributed by atoms with Crippen molar-refractivity contribution in [3.05, 3.63) is 12.7 Å². The summed E-state index contributed by atoms with van der Waals surface area (Å²) in [4.78, 5) is 27.6. The van der Waals surface area contributed by atoms with E-state index in [1.807, 2.05) is 0 Å². The third kappa shape index (κ3) is 3.78. The van der Waals surface area contributed by atoms with Gasteiger partial charge in [-0.15, -0.1) is 6.58 Å². The molecule has 7 heteroatoms. The van der Waals surface area contributed by atoms with Crippen LogP contribution in [0.15, 0.2) is 17.6 Å². The van der Waals surface area contributed by atoms with Crippen molar-refractivity contribution in [3.63, 3.8) is 0 Å². The third-order valence-electron chi connectivity index (χ3n) is 2.20. The van der Waals surface area contributed by atoms with Gasteiger partial charge in [-0.05, 0) is 0 Å². The van der Waals surface area contributed by atoms with Crippen LogP contribution < -0.4 is 16.0 Å². The number of guanidine groups is 1. The zero-order valence-corrected chi connectivity index (χ0v) is 9.82. The van der Waals surface area contributed by atoms with Gasteiger partial charge in [-0.2, -0.15) is 0 Å². The first-order valence-corrected chi connectivity index (χ1v) is 5.32. The molecule has 1 saturated heterocycles. The van der Waals surface area contributed by atoms with Crippen LogP contribution in [0.3, 0.4) is 0 Å². The molecule has 0 unspecified atom stereocenters. The van der Waals surface area contributed by atoms with Gasteiger partial charge in [0.1, 0.15) is 0 Å². The summed E-state index contributed by atoms with van der Waals surface area (Å²) in [6, 6.07) is -0.342. The zero-order valence-electron chi connectivity index (χ0n) is 9.82. The van der Waals surface area contributed by atoms with Gasteiger partial charge in [-0.1, -0.05) is 6.08 Å². The van der Waals surface area contributed by atoms with Crippen LogP contribution in [-0.2, 0) is 4.79 Å². The van der Waals surface area contributed by atoms with Crippen molar-refractivity contribution in [1.82, 2.24) is 20.9 Å². The number of urea groups is 1. The molecule has 1 fully saturated rings. The smallest absolute Gasteiger partial charge is 0.324 e. The van der Waals surface area contributed by atoms with Gasteiger partial charge in [-0.3, -0.25) is 14.7 Å². The topological polar surface area (TPSA) is 85.8 Å². The molecule has 17 heavy (non-hydrogen) atoms. The molecule has 1 rings (SSSR count). The fourth-order valence-corrected chi connectivity index (χ4v) is 1.36. The van der Waals surface area contributed by atoms with Crippen molar-refractivity contribution in [2.45, 2.75) is 0 Å². The maximum atomic E-state index is 11.3. The normalized spacial score (nSPS) is 15.8. The van der Waals surface area contributed by atoms with Crippen molar-refractivity contribution in [2.24, 2.45) is 4.99 Å². The predicted molar refractivity (Wildman–Crippen MR) is 64.7 cm³/mol. The first-order valence-electron chi connectivity index (χ1n) is 5.32. The first-order chi connectivity index (χ1) is 8.19. The number of amides is 3. The zero-order chi connectivity index (χ0) is 12.7. The standard InChI is InChI=1S/C10H17N5O2/c1-3-4-12-9(11-2)13-5-6-15-8(16)7-14-10(15)17/h3H,1,4-7H2,2H3,(H,14,17)(H2,11,12,13). The van der Waals surface area contributed by atoms with Crippen LogP contribution >= 0.6 is 0 Å². The number of aliphatic imine (C=N–C) groups is 1. The van der Waals surface area contributed by atoms with Gasteiger partial charge < -0.3 is 16.0 Å². The Morgan fingerprint density at radius 2 is 2.35 bits per heavy atom. The minimum Gasteiger partial charge on any atom is -0.355 e. The Morgan fingerprint density at radius 1 is 1.59 bits per heavy atom. The van der Waals surface area contributed by atoms with Crippen molar-refractivity contribution in [1.29, 1.82) is 0 Å². The first kappa shape index (κ1) is 13.0. The van der Waals surface area contributed by atoms with Crippen molar-refractivity contribution < 1.29 is 9.59 Å². The number of hydrogen-bond donors (Lipinski definition) is 3. The molecule has 0 saturated carbocycles. The van der Waals surface area contributed by atoms with Crippen molar-refractivity contribution in [2.75, 3.05) is 33.2 Å². The summed E-state index contributed by atoms with van der Waals surface area (Å²) < 4.78 is 0. The van der Waals surface area contributed by atoms with Gasteiger partial charge in [0.05, 0.1) is 6.54 Å². The molecule has 0 spiro atoms. The molecular weight excluding hydrogens is 222 g/mol. The molecule has 0 radical (unpaired) electrons. The van der Waals surface area contributed by atoms with Gasteiger partial charge >= 0.3 is 6.03 Å². The Kier molecular flexibility index (Phi) is 4.99. The molecule has 1 heterocycles. The summed E-state index contributed by atoms with van der Waals surface area (Å²) in [6.07, 6.45) is 1.71. The SMILES string of the molecule is C=CCNC(=NC)NCCN1C(=O)CNC1=O. The summed E-state index contributed by atoms with van der Waals surface area (Å²) in [6.45, 7) is 5.04. The lowest BCUT2D eigenvalue weighted by Gasteiger charge is -2.14. The molecule has 0 aromatic carbocycles. The van der Waals surface area contributed by atoms with E-state index in [1.165, 1.54) is 4.90 Å². The highest BCUT2D eigenvalue weighted by atomic mass is 16.2. The summed E-state index contributed by atoms with van der Waals surface area (Å²) >= 11 is 0. The average Bonchev–Trinajstić information content (AvgIpc) is 2.64. The number of nitrogens with zero attached hydrogens (tertiary/aromatic N) is 2. The molecule has 1 aliphatic heterocycles. The predicted octanol–water partition coefficient (Wildman–Crippen LogP) is -1.11. The Hall–Kier alpha value is -2.05. The van der Waals surface area contributed by atoms with E-state index < -0.39 is 0 Å². The molecule has 94 valence electrons. The summed E-state index contributed by atoms with van der Waals surface area (Å²) in [5.74, 6) is 0.405. The van der Waals surface area contributed by atoms with Crippen LogP contribution in [0.5, 0.6) is 0 Å². The van der Waals surface area contributed by atoms with Crippen LogP contribution in [0.1, 0.15) is 0 Å². The molecule has 0 bridgehead atoms. The van der Waals surface area contributed by atoms with Gasteiger partial charge in [0.2, 0.25) is 5.91 Å². The monoisotopic (exact) mass is 239 g/mol. The van der Waals surface area contributed by atoms with Crippen molar-refractivity contribution in [3.8, 4) is 0 Å². The van der Waals surface area contributed by atoms with Crippen LogP contribution in [0, 0.1) is 0 Å². The second kappa shape index (κ2) is 6.51. The lowest BCUT2D eigenvalue weighted by Crippen LogP contribution is -2.43. The van der Waals surface area contributed by atoms with Crippen LogP contribution in [0.4, 0.5) is 4.79 Å². The van der Waals surface area contributed by atoms with E-state index in [1.54, 1.807) is 13.1 Å². The fourth-order valence-electron chi connectivity index (χ4n) is 1.36. The number of carbonyl (C=O) groups is 2. The molecule has 0 aliphatic carbocycles. The molecule has 3 N–H and O–H groups in total. The van der Waals surface area contributed by atoms with E-state index in [-0.39, 0.29) is 18.5 Å². The van der Waals surface area contributed by atoms with Crippen LogP contribution in [0.25, 0.3) is 0 Å². The number of rotatable bonds is 5. The molecule has 7 nitrogen and oxygen atoms in total. The van der Waals surface area contributed by atoms with Crippen LogP contribution in [-0.4, -0.2) is 56.0 Å². The van der Waals surface area contributed by atoms with Gasteiger partial charge in [0.25, 0.3) is 0 Å². The Balaban J connectivity index is 2.29. The quantitative estimate of drug-likeness (QED) is 0.246. The van der Waals surface area contributed by atoms with Crippen molar-refractivity contribution >= 4 is 17.9 Å². The molecule has 0 aromatic rings. The fraction of sp³-hybridized carbons (Fsp3) is 0.500. The van der Waals surface area contributed by atoms with E-state index in [4.69, 9.17) is 0 Å². The molecule has 3 amide bonds. The molecule has 0 atom stereocenters. The maximum absolute atomic E-state index is 11.3. The summed E-state index contributed by atoms with van der Waals surface area (Å²) in [5, 5.41) is 8.43. The second-order valence-electron chi connectivity index (χ2n) is 3.37. The van der Waals surface area contributed by atoms with E-state index in [2.05, 4.69) is 27.5 Å². The molecule has 0 aromatic heterocycles. The number of imide groups is 1. The summed E-state index contributed by atoms with van der Waals surface area (Å²) in [5.41, 5.74) is 0. The number of nitrogens with one attached hydrogen (secondary N) is 3. The average molecular weight is 239 g/mol. The highest BCUT2D eigenvalue weighted by Gasteiger charge is 2.27. The second-order valence-corrected chi connectivity index (χ2v) is 3.37. The van der Waals surface area contributed by atoms with E-state index >= 15 is 0 Å². The summed E-state index contributed by atoms with van der Waals surface area (Å²) in [7, 11) is 1.64. The van der Waals surface area contributed by atoms with Gasteiger partial charge in [-0.25, -0.2) is 4.79 Å². The van der Waals surface area contributed by atoms with E-state index in [0.717, 1.165) is 0 Å². The van der Waals surface area contributed by atoms with E-state index in [9.17, 15) is 9.59 Å². The number of carbonyl (C=O) groups excluding carboxylic acids is 2. The highest BCUT2D eigenvalue weighted by Crippen LogP contribution is 1.96. The maximum Gasteiger partial charge on any atom is 0.324 e. The van der Waals surface area contributed by atoms with E-state index in [0.29, 0.717) is 25.6 Å². The van der Waals surface area contributed by atoms with Gasteiger partial charge in [0.15, 0.2) is 5.96 Å². The minimum atomic E-state index is -0.342. The largest absolute Gasteiger partial charge is 0.355 e. The minimum absolute atomic E-state index is 0.0856. The highest BCUT2D eigenvalue weighted by molar-refractivity contribution is 6.01. The molecule has 1 aliphatic rings. The van der Waals surface area contributed by atoms with Gasteiger partial charge in [0, 0.05) is 26.7 Å².